The Morgan fingerprint density at radius 2 is 1.95 bits per heavy atom. The Balaban J connectivity index is 2.09. The van der Waals surface area contributed by atoms with Gasteiger partial charge in [-0.15, -0.1) is 0 Å². The van der Waals surface area contributed by atoms with E-state index in [2.05, 4.69) is 45.1 Å². The minimum Gasteiger partial charge on any atom is -0.312 e. The fraction of sp³-hybridized carbons (Fsp3) is 0.333. The molecule has 1 aromatic heterocycles. The Morgan fingerprint density at radius 3 is 2.60 bits per heavy atom. The van der Waals surface area contributed by atoms with Crippen LogP contribution in [0.15, 0.2) is 35.1 Å². The van der Waals surface area contributed by atoms with Gasteiger partial charge < -0.3 is 5.32 Å². The van der Waals surface area contributed by atoms with E-state index in [1.165, 1.54) is 12.1 Å². The van der Waals surface area contributed by atoms with Crippen LogP contribution in [0.4, 0.5) is 4.39 Å². The van der Waals surface area contributed by atoms with Crippen LogP contribution in [0.1, 0.15) is 19.4 Å². The van der Waals surface area contributed by atoms with Gasteiger partial charge in [-0.05, 0) is 30.7 Å². The molecular weight excluding hydrogens is 321 g/mol. The lowest BCUT2D eigenvalue weighted by atomic mass is 10.2. The second kappa shape index (κ2) is 6.90. The molecule has 0 saturated carbocycles. The molecule has 0 amide bonds. The predicted octanol–water partition coefficient (Wildman–Crippen LogP) is 3.79. The first-order valence-corrected chi connectivity index (χ1v) is 7.32. The van der Waals surface area contributed by atoms with Gasteiger partial charge in [0.05, 0.1) is 0 Å². The zero-order chi connectivity index (χ0) is 14.5. The molecule has 1 heterocycles. The van der Waals surface area contributed by atoms with E-state index in [9.17, 15) is 4.39 Å². The lowest BCUT2D eigenvalue weighted by Crippen LogP contribution is -2.19. The standard InChI is InChI=1S/C15H17BrFN3/c1-10(2)6-18-7-11-8-19-15(20-9-11)13-5-12(17)3-4-14(13)16/h3-5,8-10,18H,6-7H2,1-2H3. The summed E-state index contributed by atoms with van der Waals surface area (Å²) in [6, 6.07) is 4.49. The van der Waals surface area contributed by atoms with Crippen molar-refractivity contribution in [2.24, 2.45) is 5.92 Å². The van der Waals surface area contributed by atoms with Crippen LogP contribution in [0.25, 0.3) is 11.4 Å². The molecule has 0 aliphatic carbocycles. The minimum atomic E-state index is -0.297. The van der Waals surface area contributed by atoms with Crippen molar-refractivity contribution < 1.29 is 4.39 Å². The van der Waals surface area contributed by atoms with Crippen LogP contribution in [0.2, 0.25) is 0 Å². The Labute approximate surface area is 126 Å². The van der Waals surface area contributed by atoms with Crippen LogP contribution in [-0.2, 0) is 6.54 Å². The van der Waals surface area contributed by atoms with Crippen molar-refractivity contribution in [1.29, 1.82) is 0 Å². The molecule has 106 valence electrons. The van der Waals surface area contributed by atoms with E-state index < -0.39 is 0 Å². The van der Waals surface area contributed by atoms with Gasteiger partial charge in [0.1, 0.15) is 5.82 Å². The van der Waals surface area contributed by atoms with Crippen LogP contribution in [0.5, 0.6) is 0 Å². The average Bonchev–Trinajstić information content (AvgIpc) is 2.42. The van der Waals surface area contributed by atoms with Crippen LogP contribution in [-0.4, -0.2) is 16.5 Å². The summed E-state index contributed by atoms with van der Waals surface area (Å²) >= 11 is 3.38. The summed E-state index contributed by atoms with van der Waals surface area (Å²) < 4.78 is 14.0. The summed E-state index contributed by atoms with van der Waals surface area (Å²) in [5.41, 5.74) is 1.67. The maximum absolute atomic E-state index is 13.3. The first-order chi connectivity index (χ1) is 9.56. The number of halogens is 2. The van der Waals surface area contributed by atoms with Crippen molar-refractivity contribution in [2.45, 2.75) is 20.4 Å². The molecular formula is C15H17BrFN3. The van der Waals surface area contributed by atoms with Gasteiger partial charge in [0.2, 0.25) is 0 Å². The second-order valence-electron chi connectivity index (χ2n) is 5.06. The van der Waals surface area contributed by atoms with Crippen molar-refractivity contribution in [2.75, 3.05) is 6.54 Å². The van der Waals surface area contributed by atoms with Gasteiger partial charge in [-0.3, -0.25) is 0 Å². The molecule has 0 aliphatic rings. The van der Waals surface area contributed by atoms with E-state index in [4.69, 9.17) is 0 Å². The van der Waals surface area contributed by atoms with E-state index in [0.29, 0.717) is 17.3 Å². The number of nitrogens with zero attached hydrogens (tertiary/aromatic N) is 2. The smallest absolute Gasteiger partial charge is 0.160 e. The van der Waals surface area contributed by atoms with E-state index in [0.717, 1.165) is 23.1 Å². The molecule has 0 atom stereocenters. The Morgan fingerprint density at radius 1 is 1.25 bits per heavy atom. The first-order valence-electron chi connectivity index (χ1n) is 6.53. The van der Waals surface area contributed by atoms with Crippen molar-refractivity contribution in [3.63, 3.8) is 0 Å². The third kappa shape index (κ3) is 4.08. The summed E-state index contributed by atoms with van der Waals surface area (Å²) in [4.78, 5) is 8.60. The molecule has 0 spiro atoms. The lowest BCUT2D eigenvalue weighted by molar-refractivity contribution is 0.551. The van der Waals surface area contributed by atoms with Gasteiger partial charge in [-0.1, -0.05) is 29.8 Å². The number of nitrogens with one attached hydrogen (secondary N) is 1. The second-order valence-corrected chi connectivity index (χ2v) is 5.92. The summed E-state index contributed by atoms with van der Waals surface area (Å²) in [5.74, 6) is 0.830. The number of rotatable bonds is 5. The molecule has 5 heteroatoms. The highest BCUT2D eigenvalue weighted by Gasteiger charge is 2.07. The summed E-state index contributed by atoms with van der Waals surface area (Å²) in [7, 11) is 0. The highest BCUT2D eigenvalue weighted by molar-refractivity contribution is 9.10. The van der Waals surface area contributed by atoms with Gasteiger partial charge in [0.25, 0.3) is 0 Å². The summed E-state index contributed by atoms with van der Waals surface area (Å²) in [6.07, 6.45) is 3.54. The summed E-state index contributed by atoms with van der Waals surface area (Å²) in [6.45, 7) is 6.02. The SMILES string of the molecule is CC(C)CNCc1cnc(-c2cc(F)ccc2Br)nc1. The third-order valence-corrected chi connectivity index (χ3v) is 3.45. The van der Waals surface area contributed by atoms with Gasteiger partial charge in [0, 0.05) is 34.5 Å². The fourth-order valence-electron chi connectivity index (χ4n) is 1.76. The van der Waals surface area contributed by atoms with Gasteiger partial charge in [0.15, 0.2) is 5.82 Å². The quantitative estimate of drug-likeness (QED) is 0.901. The molecule has 20 heavy (non-hydrogen) atoms. The monoisotopic (exact) mass is 337 g/mol. The lowest BCUT2D eigenvalue weighted by Gasteiger charge is -2.08. The number of hydrogen-bond acceptors (Lipinski definition) is 3. The van der Waals surface area contributed by atoms with Gasteiger partial charge in [-0.2, -0.15) is 0 Å². The van der Waals surface area contributed by atoms with Crippen LogP contribution >= 0.6 is 15.9 Å². The Hall–Kier alpha value is -1.33. The molecule has 1 N–H and O–H groups in total. The third-order valence-electron chi connectivity index (χ3n) is 2.76. The molecule has 2 aromatic rings. The van der Waals surface area contributed by atoms with E-state index in [1.807, 2.05) is 0 Å². The molecule has 0 aliphatic heterocycles. The number of benzene rings is 1. The number of aromatic nitrogens is 2. The van der Waals surface area contributed by atoms with E-state index >= 15 is 0 Å². The van der Waals surface area contributed by atoms with Crippen LogP contribution < -0.4 is 5.32 Å². The summed E-state index contributed by atoms with van der Waals surface area (Å²) in [5, 5.41) is 3.33. The Bertz CT molecular complexity index is 570. The van der Waals surface area contributed by atoms with Crippen LogP contribution in [0, 0.1) is 11.7 Å². The normalized spacial score (nSPS) is 11.1. The zero-order valence-corrected chi connectivity index (χ0v) is 13.1. The van der Waals surface area contributed by atoms with Crippen molar-refractivity contribution >= 4 is 15.9 Å². The molecule has 0 fully saturated rings. The molecule has 0 saturated heterocycles. The predicted molar refractivity (Wildman–Crippen MR) is 81.7 cm³/mol. The van der Waals surface area contributed by atoms with Crippen molar-refractivity contribution in [3.05, 3.63) is 46.4 Å². The first kappa shape index (κ1) is 15.1. The molecule has 0 bridgehead atoms. The minimum absolute atomic E-state index is 0.297. The molecule has 2 rings (SSSR count). The largest absolute Gasteiger partial charge is 0.312 e. The molecule has 3 nitrogen and oxygen atoms in total. The highest BCUT2D eigenvalue weighted by atomic mass is 79.9. The maximum Gasteiger partial charge on any atom is 0.160 e. The molecule has 0 radical (unpaired) electrons. The van der Waals surface area contributed by atoms with Crippen molar-refractivity contribution in [3.8, 4) is 11.4 Å². The number of hydrogen-bond donors (Lipinski definition) is 1. The zero-order valence-electron chi connectivity index (χ0n) is 11.5. The Kier molecular flexibility index (Phi) is 5.20. The average molecular weight is 338 g/mol. The molecule has 1 aromatic carbocycles. The topological polar surface area (TPSA) is 37.8 Å². The molecule has 0 unspecified atom stereocenters. The highest BCUT2D eigenvalue weighted by Crippen LogP contribution is 2.25. The van der Waals surface area contributed by atoms with Gasteiger partial charge >= 0.3 is 0 Å². The van der Waals surface area contributed by atoms with Gasteiger partial charge in [-0.25, -0.2) is 14.4 Å². The van der Waals surface area contributed by atoms with E-state index in [1.54, 1.807) is 18.5 Å². The maximum atomic E-state index is 13.3. The van der Waals surface area contributed by atoms with Crippen molar-refractivity contribution in [1.82, 2.24) is 15.3 Å². The van der Waals surface area contributed by atoms with E-state index in [-0.39, 0.29) is 5.82 Å². The fourth-order valence-corrected chi connectivity index (χ4v) is 2.18. The van der Waals surface area contributed by atoms with Crippen LogP contribution in [0.3, 0.4) is 0 Å².